The van der Waals surface area contributed by atoms with E-state index in [2.05, 4.69) is 0 Å². The van der Waals surface area contributed by atoms with Crippen LogP contribution in [0.25, 0.3) is 11.8 Å². The third-order valence-electron chi connectivity index (χ3n) is 5.31. The number of halogens is 1. The lowest BCUT2D eigenvalue weighted by atomic mass is 9.73. The second-order valence-electron chi connectivity index (χ2n) is 8.56. The monoisotopic (exact) mass is 392 g/mol. The molecule has 1 heterocycles. The molecule has 1 aliphatic heterocycles. The number of amides is 1. The molecule has 0 bridgehead atoms. The number of primary amides is 1. The Labute approximate surface area is 170 Å². The standard InChI is InChI=1S/C24H25FN2O2/c1-14-10-18(11-15(2)21(14)22(23(26)29)24(3,4)5)27-9-8-16-12-17(25)6-7-19(16)20(27)13-28/h6-12,22H,1-5H3,(H2,26,29). The lowest BCUT2D eigenvalue weighted by molar-refractivity contribution is -0.121. The highest BCUT2D eigenvalue weighted by Crippen LogP contribution is 2.41. The molecule has 2 aromatic rings. The number of fused-ring (bicyclic) bond motifs is 1. The summed E-state index contributed by atoms with van der Waals surface area (Å²) in [6.07, 6.45) is 3.49. The quantitative estimate of drug-likeness (QED) is 0.769. The van der Waals surface area contributed by atoms with E-state index in [9.17, 15) is 14.0 Å². The highest BCUT2D eigenvalue weighted by atomic mass is 19.1. The second-order valence-corrected chi connectivity index (χ2v) is 8.56. The average Bonchev–Trinajstić information content (AvgIpc) is 2.61. The van der Waals surface area contributed by atoms with Gasteiger partial charge >= 0.3 is 0 Å². The van der Waals surface area contributed by atoms with Crippen LogP contribution in [0.5, 0.6) is 0 Å². The maximum atomic E-state index is 13.5. The Morgan fingerprint density at radius 2 is 1.76 bits per heavy atom. The van der Waals surface area contributed by atoms with E-state index in [0.717, 1.165) is 22.4 Å². The van der Waals surface area contributed by atoms with Gasteiger partial charge in [-0.1, -0.05) is 20.8 Å². The second kappa shape index (κ2) is 7.34. The van der Waals surface area contributed by atoms with E-state index < -0.39 is 5.92 Å². The SMILES string of the molecule is Cc1cc(N2C=Cc3cc(F)ccc3C2=C=O)cc(C)c1C(C(N)=O)C(C)(C)C. The van der Waals surface area contributed by atoms with Crippen LogP contribution >= 0.6 is 0 Å². The van der Waals surface area contributed by atoms with Crippen LogP contribution in [0.15, 0.2) is 36.5 Å². The van der Waals surface area contributed by atoms with Crippen LogP contribution in [0.3, 0.4) is 0 Å². The predicted octanol–water partition coefficient (Wildman–Crippen LogP) is 4.72. The molecule has 0 aliphatic carbocycles. The molecule has 3 rings (SSSR count). The number of hydrogen-bond donors (Lipinski definition) is 1. The Bertz CT molecular complexity index is 1050. The molecule has 0 fully saturated rings. The zero-order valence-corrected chi connectivity index (χ0v) is 17.3. The molecule has 29 heavy (non-hydrogen) atoms. The van der Waals surface area contributed by atoms with Gasteiger partial charge in [-0.15, -0.1) is 0 Å². The molecule has 0 radical (unpaired) electrons. The summed E-state index contributed by atoms with van der Waals surface area (Å²) in [7, 11) is 0. The fraction of sp³-hybridized carbons (Fsp3) is 0.292. The zero-order chi connectivity index (χ0) is 21.5. The Balaban J connectivity index is 2.11. The number of benzene rings is 2. The van der Waals surface area contributed by atoms with Crippen molar-refractivity contribution in [2.75, 3.05) is 4.90 Å². The lowest BCUT2D eigenvalue weighted by Gasteiger charge is -2.32. The molecular weight excluding hydrogens is 367 g/mol. The normalized spacial score (nSPS) is 14.4. The van der Waals surface area contributed by atoms with Gasteiger partial charge in [-0.3, -0.25) is 4.79 Å². The van der Waals surface area contributed by atoms with Gasteiger partial charge in [0.2, 0.25) is 5.91 Å². The lowest BCUT2D eigenvalue weighted by Crippen LogP contribution is -2.33. The third kappa shape index (κ3) is 3.74. The number of carbonyl (C=O) groups is 1. The van der Waals surface area contributed by atoms with Crippen LogP contribution in [0, 0.1) is 25.1 Å². The average molecular weight is 392 g/mol. The predicted molar refractivity (Wildman–Crippen MR) is 114 cm³/mol. The molecule has 1 aliphatic rings. The molecule has 1 amide bonds. The van der Waals surface area contributed by atoms with Gasteiger partial charge in [0.05, 0.1) is 5.92 Å². The number of anilines is 1. The summed E-state index contributed by atoms with van der Waals surface area (Å²) in [5, 5.41) is 0. The Morgan fingerprint density at radius 1 is 1.14 bits per heavy atom. The molecule has 0 saturated heterocycles. The minimum Gasteiger partial charge on any atom is -0.369 e. The fourth-order valence-corrected chi connectivity index (χ4v) is 4.11. The number of aryl methyl sites for hydroxylation is 2. The van der Waals surface area contributed by atoms with Gasteiger partial charge in [0.1, 0.15) is 11.5 Å². The highest BCUT2D eigenvalue weighted by molar-refractivity contribution is 6.01. The van der Waals surface area contributed by atoms with Gasteiger partial charge in [-0.25, -0.2) is 9.18 Å². The number of hydrogen-bond acceptors (Lipinski definition) is 3. The molecular formula is C24H25FN2O2. The summed E-state index contributed by atoms with van der Waals surface area (Å²) in [6.45, 7) is 9.85. The maximum Gasteiger partial charge on any atom is 0.225 e. The van der Waals surface area contributed by atoms with Crippen LogP contribution in [0.4, 0.5) is 10.1 Å². The van der Waals surface area contributed by atoms with Gasteiger partial charge in [-0.05, 0) is 77.9 Å². The largest absolute Gasteiger partial charge is 0.369 e. The van der Waals surface area contributed by atoms with Crippen molar-refractivity contribution < 1.29 is 14.0 Å². The van der Waals surface area contributed by atoms with E-state index >= 15 is 0 Å². The van der Waals surface area contributed by atoms with Crippen molar-refractivity contribution >= 4 is 29.3 Å². The first kappa shape index (κ1) is 20.6. The maximum absolute atomic E-state index is 13.5. The van der Waals surface area contributed by atoms with Crippen LogP contribution in [0.2, 0.25) is 0 Å². The molecule has 0 aromatic heterocycles. The van der Waals surface area contributed by atoms with Gasteiger partial charge in [0.15, 0.2) is 5.94 Å². The molecule has 2 aromatic carbocycles. The van der Waals surface area contributed by atoms with Crippen LogP contribution in [-0.2, 0) is 9.59 Å². The van der Waals surface area contributed by atoms with Crippen molar-refractivity contribution in [1.82, 2.24) is 0 Å². The Kier molecular flexibility index (Phi) is 5.20. The number of rotatable bonds is 3. The molecule has 4 nitrogen and oxygen atoms in total. The minimum absolute atomic E-state index is 0.316. The van der Waals surface area contributed by atoms with E-state index in [4.69, 9.17) is 5.73 Å². The number of nitrogens with zero attached hydrogens (tertiary/aromatic N) is 1. The minimum atomic E-state index is -0.432. The van der Waals surface area contributed by atoms with Crippen LogP contribution in [0.1, 0.15) is 54.5 Å². The highest BCUT2D eigenvalue weighted by Gasteiger charge is 2.34. The molecule has 1 atom stereocenters. The smallest absolute Gasteiger partial charge is 0.225 e. The van der Waals surface area contributed by atoms with E-state index in [1.807, 2.05) is 52.7 Å². The number of nitrogens with two attached hydrogens (primary N) is 1. The fourth-order valence-electron chi connectivity index (χ4n) is 4.11. The third-order valence-corrected chi connectivity index (χ3v) is 5.31. The summed E-state index contributed by atoms with van der Waals surface area (Å²) in [5.41, 5.74) is 10.5. The van der Waals surface area contributed by atoms with E-state index in [0.29, 0.717) is 16.8 Å². The summed E-state index contributed by atoms with van der Waals surface area (Å²) < 4.78 is 13.5. The van der Waals surface area contributed by atoms with Gasteiger partial charge < -0.3 is 10.6 Å². The van der Waals surface area contributed by atoms with Crippen molar-refractivity contribution in [2.24, 2.45) is 11.1 Å². The molecule has 0 saturated carbocycles. The van der Waals surface area contributed by atoms with Gasteiger partial charge in [0, 0.05) is 17.5 Å². The molecule has 150 valence electrons. The van der Waals surface area contributed by atoms with Crippen molar-refractivity contribution in [3.05, 3.63) is 70.2 Å². The zero-order valence-electron chi connectivity index (χ0n) is 17.3. The molecule has 0 spiro atoms. The summed E-state index contributed by atoms with van der Waals surface area (Å²) >= 11 is 0. The summed E-state index contributed by atoms with van der Waals surface area (Å²) in [5.74, 6) is 0.839. The van der Waals surface area contributed by atoms with Crippen molar-refractivity contribution in [2.45, 2.75) is 40.5 Å². The number of carbonyl (C=O) groups excluding carboxylic acids is 2. The van der Waals surface area contributed by atoms with Crippen LogP contribution in [-0.4, -0.2) is 11.8 Å². The van der Waals surface area contributed by atoms with E-state index in [1.165, 1.54) is 12.1 Å². The van der Waals surface area contributed by atoms with Gasteiger partial charge in [0.25, 0.3) is 0 Å². The van der Waals surface area contributed by atoms with E-state index in [-0.39, 0.29) is 17.1 Å². The van der Waals surface area contributed by atoms with Crippen molar-refractivity contribution in [1.29, 1.82) is 0 Å². The van der Waals surface area contributed by atoms with Gasteiger partial charge in [-0.2, -0.15) is 0 Å². The van der Waals surface area contributed by atoms with E-state index in [1.54, 1.807) is 23.2 Å². The topological polar surface area (TPSA) is 63.4 Å². The first-order valence-corrected chi connectivity index (χ1v) is 9.47. The molecule has 1 unspecified atom stereocenters. The molecule has 5 heteroatoms. The van der Waals surface area contributed by atoms with Crippen molar-refractivity contribution in [3.63, 3.8) is 0 Å². The first-order chi connectivity index (χ1) is 13.5. The summed E-state index contributed by atoms with van der Waals surface area (Å²) in [4.78, 5) is 25.7. The summed E-state index contributed by atoms with van der Waals surface area (Å²) in [6, 6.07) is 8.16. The first-order valence-electron chi connectivity index (χ1n) is 9.47. The Morgan fingerprint density at radius 3 is 2.28 bits per heavy atom. The Hall–Kier alpha value is -3.17. The van der Waals surface area contributed by atoms with Crippen LogP contribution < -0.4 is 10.6 Å². The van der Waals surface area contributed by atoms with Crippen molar-refractivity contribution in [3.8, 4) is 0 Å². The molecule has 2 N–H and O–H groups in total.